The fraction of sp³-hybridized carbons (Fsp3) is 0.182. The molecule has 5 aromatic rings. The van der Waals surface area contributed by atoms with Gasteiger partial charge in [0, 0.05) is 28.7 Å². The highest BCUT2D eigenvalue weighted by Crippen LogP contribution is 2.50. The van der Waals surface area contributed by atoms with Crippen LogP contribution in [0.25, 0.3) is 23.2 Å². The van der Waals surface area contributed by atoms with Crippen LogP contribution in [0.1, 0.15) is 41.2 Å². The lowest BCUT2D eigenvalue weighted by molar-refractivity contribution is 0.102. The zero-order valence-corrected chi connectivity index (χ0v) is 25.6. The number of aromatic nitrogens is 3. The smallest absolute Gasteiger partial charge is 0.354 e. The fourth-order valence-corrected chi connectivity index (χ4v) is 5.58. The molecule has 1 N–H and O–H groups in total. The number of para-hydroxylation sites is 1. The van der Waals surface area contributed by atoms with Crippen molar-refractivity contribution < 1.29 is 27.6 Å². The Morgan fingerprint density at radius 1 is 0.955 bits per heavy atom. The van der Waals surface area contributed by atoms with Gasteiger partial charge in [-0.2, -0.15) is 0 Å². The molecule has 0 saturated carbocycles. The van der Waals surface area contributed by atoms with Crippen LogP contribution in [0, 0.1) is 6.92 Å². The summed E-state index contributed by atoms with van der Waals surface area (Å²) < 4.78 is 37.1. The number of benzene rings is 3. The molecule has 10 nitrogen and oxygen atoms in total. The molecule has 1 amide bonds. The minimum Gasteiger partial charge on any atom is -0.487 e. The number of hydrogen-bond donors (Lipinski definition) is 1. The summed E-state index contributed by atoms with van der Waals surface area (Å²) in [7, 11) is -3.47. The summed E-state index contributed by atoms with van der Waals surface area (Å²) in [5, 5.41) is 7.44. The highest BCUT2D eigenvalue weighted by molar-refractivity contribution is 7.57. The number of anilines is 1. The molecule has 226 valence electrons. The number of oxazole rings is 1. The van der Waals surface area contributed by atoms with Crippen molar-refractivity contribution >= 4 is 25.4 Å². The van der Waals surface area contributed by atoms with E-state index in [0.717, 1.165) is 11.3 Å². The van der Waals surface area contributed by atoms with Crippen LogP contribution in [0.5, 0.6) is 5.75 Å². The predicted octanol–water partition coefficient (Wildman–Crippen LogP) is 7.90. The van der Waals surface area contributed by atoms with Gasteiger partial charge in [0.25, 0.3) is 5.91 Å². The Balaban J connectivity index is 1.30. The quantitative estimate of drug-likeness (QED) is 0.133. The standard InChI is InChI=1S/C33H33N4O6P/c1-4-41-44(39,42-5-2)21-20-27-22-37(28-14-10-7-11-15-28)36-31(27)35-32(38)25-16-18-29(19-17-25)40-23-30-24(3)43-33(34-30)26-12-8-6-9-13-26/h6-22H,4-5,23H2,1-3H3,(H,35,36,38)/b21-20+. The number of aryl methyl sites for hydroxylation is 1. The number of rotatable bonds is 13. The largest absolute Gasteiger partial charge is 0.487 e. The van der Waals surface area contributed by atoms with Gasteiger partial charge in [-0.3, -0.25) is 9.36 Å². The van der Waals surface area contributed by atoms with E-state index in [-0.39, 0.29) is 31.5 Å². The first kappa shape index (κ1) is 30.7. The van der Waals surface area contributed by atoms with Crippen LogP contribution in [0.15, 0.2) is 101 Å². The lowest BCUT2D eigenvalue weighted by Gasteiger charge is -2.12. The number of carbonyl (C=O) groups is 1. The average Bonchev–Trinajstić information content (AvgIpc) is 3.63. The molecule has 0 spiro atoms. The third-order valence-electron chi connectivity index (χ3n) is 6.46. The van der Waals surface area contributed by atoms with Crippen LogP contribution in [0.2, 0.25) is 0 Å². The van der Waals surface area contributed by atoms with Crippen LogP contribution in [-0.4, -0.2) is 33.9 Å². The van der Waals surface area contributed by atoms with Gasteiger partial charge >= 0.3 is 7.60 Å². The van der Waals surface area contributed by atoms with Crippen molar-refractivity contribution in [2.24, 2.45) is 0 Å². The Morgan fingerprint density at radius 2 is 1.61 bits per heavy atom. The van der Waals surface area contributed by atoms with Gasteiger partial charge in [-0.15, -0.1) is 5.10 Å². The lowest BCUT2D eigenvalue weighted by atomic mass is 10.2. The minimum absolute atomic E-state index is 0.216. The Labute approximate surface area is 255 Å². The van der Waals surface area contributed by atoms with E-state index in [1.807, 2.05) is 67.6 Å². The van der Waals surface area contributed by atoms with E-state index in [9.17, 15) is 9.36 Å². The van der Waals surface area contributed by atoms with E-state index in [1.54, 1.807) is 55.1 Å². The van der Waals surface area contributed by atoms with Crippen molar-refractivity contribution in [3.05, 3.63) is 120 Å². The van der Waals surface area contributed by atoms with Crippen molar-refractivity contribution in [2.45, 2.75) is 27.4 Å². The summed E-state index contributed by atoms with van der Waals surface area (Å²) in [5.41, 5.74) is 3.31. The first-order valence-electron chi connectivity index (χ1n) is 14.2. The van der Waals surface area contributed by atoms with E-state index >= 15 is 0 Å². The molecule has 0 aliphatic rings. The summed E-state index contributed by atoms with van der Waals surface area (Å²) in [6.45, 7) is 5.99. The molecule has 0 unspecified atom stereocenters. The second-order valence-electron chi connectivity index (χ2n) is 9.56. The molecule has 0 aliphatic carbocycles. The SMILES string of the molecule is CCOP(=O)(/C=C/c1cn(-c2ccccc2)nc1NC(=O)c1ccc(OCc2nc(-c3ccccc3)oc2C)cc1)OCC. The molecule has 5 rings (SSSR count). The summed E-state index contributed by atoms with van der Waals surface area (Å²) >= 11 is 0. The van der Waals surface area contributed by atoms with E-state index in [1.165, 1.54) is 5.82 Å². The molecular formula is C33H33N4O6P. The van der Waals surface area contributed by atoms with E-state index in [0.29, 0.717) is 34.2 Å². The van der Waals surface area contributed by atoms with Gasteiger partial charge < -0.3 is 23.5 Å². The number of nitrogens with one attached hydrogen (secondary N) is 1. The second kappa shape index (κ2) is 14.1. The number of carbonyl (C=O) groups excluding carboxylic acids is 1. The van der Waals surface area contributed by atoms with Crippen molar-refractivity contribution in [3.8, 4) is 22.9 Å². The molecule has 3 aromatic carbocycles. The second-order valence-corrected chi connectivity index (χ2v) is 11.5. The summed E-state index contributed by atoms with van der Waals surface area (Å²) in [4.78, 5) is 17.8. The van der Waals surface area contributed by atoms with Crippen LogP contribution in [-0.2, 0) is 20.2 Å². The van der Waals surface area contributed by atoms with Crippen molar-refractivity contribution in [1.82, 2.24) is 14.8 Å². The molecule has 0 atom stereocenters. The van der Waals surface area contributed by atoms with Crippen LogP contribution < -0.4 is 10.1 Å². The number of ether oxygens (including phenoxy) is 1. The first-order chi connectivity index (χ1) is 21.4. The van der Waals surface area contributed by atoms with Crippen molar-refractivity contribution in [3.63, 3.8) is 0 Å². The predicted molar refractivity (Wildman–Crippen MR) is 169 cm³/mol. The number of amides is 1. The van der Waals surface area contributed by atoms with Crippen LogP contribution >= 0.6 is 7.60 Å². The number of hydrogen-bond acceptors (Lipinski definition) is 8. The van der Waals surface area contributed by atoms with Gasteiger partial charge in [-0.05, 0) is 75.4 Å². The zero-order chi connectivity index (χ0) is 30.9. The lowest BCUT2D eigenvalue weighted by Crippen LogP contribution is -2.13. The molecule has 11 heteroatoms. The zero-order valence-electron chi connectivity index (χ0n) is 24.7. The van der Waals surface area contributed by atoms with E-state index in [2.05, 4.69) is 15.4 Å². The molecule has 0 aliphatic heterocycles. The van der Waals surface area contributed by atoms with Gasteiger partial charge in [0.05, 0.1) is 18.9 Å². The first-order valence-corrected chi connectivity index (χ1v) is 15.8. The fourth-order valence-electron chi connectivity index (χ4n) is 4.27. The molecule has 0 radical (unpaired) electrons. The third-order valence-corrected chi connectivity index (χ3v) is 8.21. The maximum Gasteiger partial charge on any atom is 0.354 e. The average molecular weight is 613 g/mol. The maximum atomic E-state index is 13.2. The van der Waals surface area contributed by atoms with Gasteiger partial charge in [0.1, 0.15) is 23.8 Å². The molecule has 0 saturated heterocycles. The van der Waals surface area contributed by atoms with Gasteiger partial charge in [0.15, 0.2) is 5.82 Å². The summed E-state index contributed by atoms with van der Waals surface area (Å²) in [6.07, 6.45) is 3.32. The Hall–Kier alpha value is -4.76. The summed E-state index contributed by atoms with van der Waals surface area (Å²) in [5.74, 6) is 3.08. The van der Waals surface area contributed by atoms with E-state index in [4.69, 9.17) is 18.2 Å². The Morgan fingerprint density at radius 3 is 2.27 bits per heavy atom. The highest BCUT2D eigenvalue weighted by Gasteiger charge is 2.20. The van der Waals surface area contributed by atoms with E-state index < -0.39 is 7.60 Å². The Kier molecular flexibility index (Phi) is 9.86. The normalized spacial score (nSPS) is 11.6. The molecule has 2 aromatic heterocycles. The molecule has 2 heterocycles. The van der Waals surface area contributed by atoms with Crippen molar-refractivity contribution in [1.29, 1.82) is 0 Å². The highest BCUT2D eigenvalue weighted by atomic mass is 31.2. The topological polar surface area (TPSA) is 118 Å². The Bertz CT molecular complexity index is 1760. The summed E-state index contributed by atoms with van der Waals surface area (Å²) in [6, 6.07) is 25.9. The molecule has 0 bridgehead atoms. The minimum atomic E-state index is -3.47. The van der Waals surface area contributed by atoms with Gasteiger partial charge in [-0.1, -0.05) is 36.4 Å². The maximum absolute atomic E-state index is 13.2. The third kappa shape index (κ3) is 7.60. The molecular weight excluding hydrogens is 579 g/mol. The van der Waals surface area contributed by atoms with Crippen LogP contribution in [0.3, 0.4) is 0 Å². The van der Waals surface area contributed by atoms with Crippen LogP contribution in [0.4, 0.5) is 5.82 Å². The number of nitrogens with zero attached hydrogens (tertiary/aromatic N) is 3. The molecule has 44 heavy (non-hydrogen) atoms. The van der Waals surface area contributed by atoms with Gasteiger partial charge in [0.2, 0.25) is 5.89 Å². The monoisotopic (exact) mass is 612 g/mol. The molecule has 0 fully saturated rings. The van der Waals surface area contributed by atoms with Gasteiger partial charge in [-0.25, -0.2) is 9.67 Å². The van der Waals surface area contributed by atoms with Crippen molar-refractivity contribution in [2.75, 3.05) is 18.5 Å².